The van der Waals surface area contributed by atoms with Crippen LogP contribution in [-0.2, 0) is 13.1 Å². The highest BCUT2D eigenvalue weighted by Crippen LogP contribution is 2.25. The number of hydrogen-bond acceptors (Lipinski definition) is 3. The first-order valence-corrected chi connectivity index (χ1v) is 9.47. The minimum Gasteiger partial charge on any atom is -0.494 e. The molecule has 0 fully saturated rings. The Morgan fingerprint density at radius 2 is 1.86 bits per heavy atom. The van der Waals surface area contributed by atoms with Crippen LogP contribution in [0.25, 0.3) is 21.9 Å². The van der Waals surface area contributed by atoms with E-state index in [1.165, 1.54) is 0 Å². The summed E-state index contributed by atoms with van der Waals surface area (Å²) in [6.07, 6.45) is 0.946. The van der Waals surface area contributed by atoms with Gasteiger partial charge in [-0.2, -0.15) is 10.1 Å². The van der Waals surface area contributed by atoms with E-state index in [1.54, 1.807) is 7.11 Å². The topological polar surface area (TPSA) is 77.2 Å². The molecule has 0 saturated carbocycles. The van der Waals surface area contributed by atoms with Gasteiger partial charge < -0.3 is 13.9 Å². The molecule has 0 aliphatic rings. The molecular weight excluding hydrogens is 354 g/mol. The van der Waals surface area contributed by atoms with Crippen molar-refractivity contribution in [2.24, 2.45) is 4.99 Å². The quantitative estimate of drug-likeness (QED) is 0.578. The fourth-order valence-electron chi connectivity index (χ4n) is 3.65. The lowest BCUT2D eigenvalue weighted by Crippen LogP contribution is -2.27. The Balaban J connectivity index is 1.93. The minimum atomic E-state index is -0.373. The molecule has 4 aromatic rings. The van der Waals surface area contributed by atoms with Gasteiger partial charge in [0.25, 0.3) is 0 Å². The average Bonchev–Trinajstić information content (AvgIpc) is 3.28. The summed E-state index contributed by atoms with van der Waals surface area (Å²) in [5.74, 6) is 0.273. The molecule has 2 aromatic carbocycles. The summed E-state index contributed by atoms with van der Waals surface area (Å²) in [7, 11) is 1.59. The lowest BCUT2D eigenvalue weighted by Gasteiger charge is -2.03. The minimum absolute atomic E-state index is 0.296. The smallest absolute Gasteiger partial charge is 0.301 e. The van der Waals surface area contributed by atoms with Crippen LogP contribution in [0.4, 0.5) is 0 Å². The second kappa shape index (κ2) is 7.34. The van der Waals surface area contributed by atoms with E-state index in [4.69, 9.17) is 4.74 Å². The number of nitrogens with one attached hydrogen (secondary N) is 1. The van der Waals surface area contributed by atoms with Gasteiger partial charge in [0.15, 0.2) is 5.69 Å². The molecule has 144 valence electrons. The zero-order chi connectivity index (χ0) is 19.7. The van der Waals surface area contributed by atoms with Gasteiger partial charge >= 0.3 is 5.91 Å². The number of nitrogens with zero attached hydrogens (tertiary/aromatic N) is 4. The third kappa shape index (κ3) is 2.79. The molecule has 7 nitrogen and oxygen atoms in total. The highest BCUT2D eigenvalue weighted by Gasteiger charge is 2.17. The molecule has 0 bridgehead atoms. The molecular formula is C21H23N5O2. The molecule has 0 unspecified atom stereocenters. The van der Waals surface area contributed by atoms with Gasteiger partial charge in [-0.25, -0.2) is 0 Å². The van der Waals surface area contributed by atoms with Crippen LogP contribution in [0.5, 0.6) is 5.75 Å². The molecule has 0 aliphatic carbocycles. The number of aromatic amines is 1. The number of rotatable bonds is 5. The van der Waals surface area contributed by atoms with Crippen LogP contribution in [0.1, 0.15) is 30.8 Å². The summed E-state index contributed by atoms with van der Waals surface area (Å²) in [5.41, 5.74) is 3.78. The second-order valence-corrected chi connectivity index (χ2v) is 6.56. The maximum atomic E-state index is 13.1. The third-order valence-electron chi connectivity index (χ3n) is 4.89. The van der Waals surface area contributed by atoms with E-state index in [1.807, 2.05) is 30.3 Å². The van der Waals surface area contributed by atoms with Gasteiger partial charge in [0.2, 0.25) is 5.62 Å². The second-order valence-electron chi connectivity index (χ2n) is 6.56. The van der Waals surface area contributed by atoms with E-state index in [0.29, 0.717) is 28.0 Å². The Bertz CT molecular complexity index is 1230. The van der Waals surface area contributed by atoms with E-state index in [9.17, 15) is 4.79 Å². The van der Waals surface area contributed by atoms with Crippen molar-refractivity contribution in [1.29, 1.82) is 0 Å². The molecule has 0 atom stereocenters. The Morgan fingerprint density at radius 1 is 1.11 bits per heavy atom. The molecule has 2 aromatic heterocycles. The predicted molar refractivity (Wildman–Crippen MR) is 108 cm³/mol. The number of imidazole rings is 1. The van der Waals surface area contributed by atoms with Crippen molar-refractivity contribution in [1.82, 2.24) is 19.3 Å². The summed E-state index contributed by atoms with van der Waals surface area (Å²) >= 11 is 0. The highest BCUT2D eigenvalue weighted by atomic mass is 16.5. The Hall–Kier alpha value is -3.35. The number of aryl methyl sites for hydroxylation is 2. The van der Waals surface area contributed by atoms with Crippen molar-refractivity contribution in [2.45, 2.75) is 33.4 Å². The first kappa shape index (κ1) is 18.0. The number of ether oxygens (including phenoxy) is 1. The summed E-state index contributed by atoms with van der Waals surface area (Å²) in [6, 6.07) is 13.7. The maximum Gasteiger partial charge on any atom is 0.301 e. The standard InChI is InChI=1S/C21H23N5O2/c1-4-13-26-16-11-7-6-10-15(16)25(5-2)21(26)22-20(27)19-14-9-8-12-17(28-3)18(14)23-24-19/h6-12H,4-5,13H2,1-3H3,(H,23,24). The SMILES string of the molecule is CCCn1c(=NC(=O)c2n[nH]c3c(OC)cccc23)n(CC)c2ccccc21. The van der Waals surface area contributed by atoms with Gasteiger partial charge in [0.05, 0.1) is 18.1 Å². The average molecular weight is 377 g/mol. The van der Waals surface area contributed by atoms with Crippen LogP contribution >= 0.6 is 0 Å². The summed E-state index contributed by atoms with van der Waals surface area (Å²) in [6.45, 7) is 5.68. The van der Waals surface area contributed by atoms with Crippen LogP contribution in [-0.4, -0.2) is 32.3 Å². The molecule has 0 radical (unpaired) electrons. The third-order valence-corrected chi connectivity index (χ3v) is 4.89. The summed E-state index contributed by atoms with van der Waals surface area (Å²) < 4.78 is 9.52. The number of amides is 1. The molecule has 28 heavy (non-hydrogen) atoms. The lowest BCUT2D eigenvalue weighted by molar-refractivity contribution is 0.0992. The molecule has 1 amide bonds. The van der Waals surface area contributed by atoms with Gasteiger partial charge in [-0.1, -0.05) is 31.2 Å². The Kier molecular flexibility index (Phi) is 4.73. The fourth-order valence-corrected chi connectivity index (χ4v) is 3.65. The number of carbonyl (C=O) groups is 1. The Morgan fingerprint density at radius 3 is 2.54 bits per heavy atom. The molecule has 0 saturated heterocycles. The van der Waals surface area contributed by atoms with Crippen molar-refractivity contribution in [3.8, 4) is 5.75 Å². The van der Waals surface area contributed by atoms with Crippen LogP contribution in [0, 0.1) is 0 Å². The Labute approximate surface area is 162 Å². The molecule has 2 heterocycles. The first-order chi connectivity index (χ1) is 13.7. The van der Waals surface area contributed by atoms with Crippen molar-refractivity contribution in [3.63, 3.8) is 0 Å². The van der Waals surface area contributed by atoms with Gasteiger partial charge in [0, 0.05) is 18.5 Å². The number of H-pyrrole nitrogens is 1. The molecule has 0 aliphatic heterocycles. The van der Waals surface area contributed by atoms with Crippen molar-refractivity contribution >= 4 is 27.8 Å². The molecule has 1 N–H and O–H groups in total. The van der Waals surface area contributed by atoms with E-state index in [0.717, 1.165) is 30.5 Å². The predicted octanol–water partition coefficient (Wildman–Crippen LogP) is 3.50. The van der Waals surface area contributed by atoms with Crippen LogP contribution in [0.3, 0.4) is 0 Å². The molecule has 0 spiro atoms. The number of fused-ring (bicyclic) bond motifs is 2. The number of benzene rings is 2. The highest BCUT2D eigenvalue weighted by molar-refractivity contribution is 6.06. The van der Waals surface area contributed by atoms with Gasteiger partial charge in [-0.05, 0) is 31.5 Å². The number of methoxy groups -OCH3 is 1. The van der Waals surface area contributed by atoms with E-state index in [2.05, 4.69) is 50.3 Å². The van der Waals surface area contributed by atoms with Gasteiger partial charge in [-0.15, -0.1) is 0 Å². The van der Waals surface area contributed by atoms with E-state index in [-0.39, 0.29) is 5.91 Å². The number of para-hydroxylation sites is 3. The van der Waals surface area contributed by atoms with E-state index >= 15 is 0 Å². The first-order valence-electron chi connectivity index (χ1n) is 9.47. The summed E-state index contributed by atoms with van der Waals surface area (Å²) in [4.78, 5) is 17.6. The fraction of sp³-hybridized carbons (Fsp3) is 0.286. The molecule has 7 heteroatoms. The van der Waals surface area contributed by atoms with Crippen molar-refractivity contribution < 1.29 is 9.53 Å². The maximum absolute atomic E-state index is 13.1. The lowest BCUT2D eigenvalue weighted by atomic mass is 10.2. The van der Waals surface area contributed by atoms with Crippen LogP contribution in [0.2, 0.25) is 0 Å². The normalized spacial score (nSPS) is 12.2. The van der Waals surface area contributed by atoms with Crippen molar-refractivity contribution in [2.75, 3.05) is 7.11 Å². The van der Waals surface area contributed by atoms with Crippen LogP contribution in [0.15, 0.2) is 47.5 Å². The monoisotopic (exact) mass is 377 g/mol. The summed E-state index contributed by atoms with van der Waals surface area (Å²) in [5, 5.41) is 7.82. The van der Waals surface area contributed by atoms with Crippen LogP contribution < -0.4 is 10.4 Å². The number of carbonyl (C=O) groups excluding carboxylic acids is 1. The number of aromatic nitrogens is 4. The van der Waals surface area contributed by atoms with E-state index < -0.39 is 0 Å². The number of hydrogen-bond donors (Lipinski definition) is 1. The molecule has 4 rings (SSSR count). The van der Waals surface area contributed by atoms with Gasteiger partial charge in [-0.3, -0.25) is 9.89 Å². The van der Waals surface area contributed by atoms with Crippen molar-refractivity contribution in [3.05, 3.63) is 53.8 Å². The largest absolute Gasteiger partial charge is 0.494 e. The zero-order valence-electron chi connectivity index (χ0n) is 16.3. The van der Waals surface area contributed by atoms with Gasteiger partial charge in [0.1, 0.15) is 11.3 Å². The zero-order valence-corrected chi connectivity index (χ0v) is 16.3.